The fourth-order valence-electron chi connectivity index (χ4n) is 4.31. The second kappa shape index (κ2) is 9.78. The highest BCUT2D eigenvalue weighted by Crippen LogP contribution is 2.33. The van der Waals surface area contributed by atoms with Crippen LogP contribution in [-0.4, -0.2) is 31.2 Å². The van der Waals surface area contributed by atoms with Gasteiger partial charge in [0.1, 0.15) is 11.9 Å². The van der Waals surface area contributed by atoms with Crippen LogP contribution < -0.4 is 10.6 Å². The number of rotatable bonds is 6. The Morgan fingerprint density at radius 2 is 1.83 bits per heavy atom. The topological polar surface area (TPSA) is 72.5 Å². The van der Waals surface area contributed by atoms with Gasteiger partial charge in [0.25, 0.3) is 5.91 Å². The maximum atomic E-state index is 13.0. The van der Waals surface area contributed by atoms with Crippen LogP contribution in [0.5, 0.6) is 0 Å². The molecule has 2 N–H and O–H groups in total. The monoisotopic (exact) mass is 485 g/mol. The Morgan fingerprint density at radius 3 is 2.60 bits per heavy atom. The summed E-state index contributed by atoms with van der Waals surface area (Å²) in [5, 5.41) is 8.90. The second-order valence-electron chi connectivity index (χ2n) is 8.23. The first kappa shape index (κ1) is 22.9. The maximum Gasteiger partial charge on any atom is 0.256 e. The summed E-state index contributed by atoms with van der Waals surface area (Å²) in [4.78, 5) is 17.5. The Bertz CT molecular complexity index is 1430. The number of nitrogens with zero attached hydrogens (tertiary/aromatic N) is 1. The predicted molar refractivity (Wildman–Crippen MR) is 140 cm³/mol. The quantitative estimate of drug-likeness (QED) is 0.328. The van der Waals surface area contributed by atoms with E-state index in [2.05, 4.69) is 15.6 Å². The van der Waals surface area contributed by atoms with Crippen molar-refractivity contribution in [3.63, 3.8) is 0 Å². The molecule has 5 rings (SSSR count). The summed E-state index contributed by atoms with van der Waals surface area (Å²) in [6.07, 6.45) is 4.20. The van der Waals surface area contributed by atoms with Gasteiger partial charge in [-0.3, -0.25) is 9.78 Å². The van der Waals surface area contributed by atoms with E-state index in [1.54, 1.807) is 44.7 Å². The van der Waals surface area contributed by atoms with E-state index < -0.39 is 0 Å². The van der Waals surface area contributed by atoms with Gasteiger partial charge >= 0.3 is 0 Å². The van der Waals surface area contributed by atoms with Crippen LogP contribution in [0.25, 0.3) is 16.8 Å². The number of anilines is 3. The molecule has 0 saturated heterocycles. The molecule has 3 aromatic carbocycles. The zero-order chi connectivity index (χ0) is 24.4. The van der Waals surface area contributed by atoms with Gasteiger partial charge in [-0.25, -0.2) is 0 Å². The van der Waals surface area contributed by atoms with Gasteiger partial charge in [0.05, 0.1) is 12.8 Å². The number of ether oxygens (including phenoxy) is 2. The molecule has 176 valence electrons. The molecule has 0 bridgehead atoms. The lowest BCUT2D eigenvalue weighted by atomic mass is 9.96. The van der Waals surface area contributed by atoms with Gasteiger partial charge in [-0.05, 0) is 59.3 Å². The zero-order valence-electron chi connectivity index (χ0n) is 19.3. The molecule has 0 radical (unpaired) electrons. The van der Waals surface area contributed by atoms with E-state index in [1.807, 2.05) is 48.5 Å². The fourth-order valence-corrected chi connectivity index (χ4v) is 4.44. The van der Waals surface area contributed by atoms with Crippen molar-refractivity contribution in [2.24, 2.45) is 0 Å². The molecule has 1 unspecified atom stereocenters. The molecule has 1 aromatic heterocycles. The molecule has 0 spiro atoms. The first-order chi connectivity index (χ1) is 17.1. The number of pyridine rings is 1. The Hall–Kier alpha value is -3.87. The number of amides is 1. The van der Waals surface area contributed by atoms with Gasteiger partial charge in [0.15, 0.2) is 0 Å². The molecule has 35 heavy (non-hydrogen) atoms. The fraction of sp³-hybridized carbons (Fsp3) is 0.143. The third kappa shape index (κ3) is 4.71. The number of hydrogen-bond donors (Lipinski definition) is 2. The molecule has 0 aliphatic heterocycles. The van der Waals surface area contributed by atoms with Crippen molar-refractivity contribution in [3.05, 3.63) is 101 Å². The van der Waals surface area contributed by atoms with Crippen molar-refractivity contribution in [1.29, 1.82) is 0 Å². The van der Waals surface area contributed by atoms with Gasteiger partial charge in [-0.2, -0.15) is 0 Å². The molecule has 7 heteroatoms. The van der Waals surface area contributed by atoms with Gasteiger partial charge in [-0.15, -0.1) is 0 Å². The molecule has 0 saturated carbocycles. The zero-order valence-corrected chi connectivity index (χ0v) is 20.1. The first-order valence-corrected chi connectivity index (χ1v) is 11.6. The molecule has 1 amide bonds. The van der Waals surface area contributed by atoms with E-state index in [1.165, 1.54) is 0 Å². The average Bonchev–Trinajstić information content (AvgIpc) is 2.88. The molecule has 4 aromatic rings. The Labute approximate surface area is 208 Å². The second-order valence-corrected chi connectivity index (χ2v) is 8.67. The number of carbonyl (C=O) groups is 1. The van der Waals surface area contributed by atoms with Crippen LogP contribution in [0.4, 0.5) is 17.1 Å². The standard InChI is InChI=1S/C28H24ClN3O3/c1-34-26-15-23-24(12-13-30-25(23)16-27(26)35-2)31-20-10-11-21-17(14-20)4-3-5-22(21)28(33)32-19-8-6-18(29)7-9-19/h3-14,16,26H,15H2,1-2H3,(H,30,31)(H,32,33). The van der Waals surface area contributed by atoms with E-state index in [0.29, 0.717) is 22.7 Å². The summed E-state index contributed by atoms with van der Waals surface area (Å²) in [7, 11) is 3.32. The van der Waals surface area contributed by atoms with Crippen LogP contribution in [0.1, 0.15) is 21.6 Å². The summed E-state index contributed by atoms with van der Waals surface area (Å²) < 4.78 is 11.1. The maximum absolute atomic E-state index is 13.0. The minimum Gasteiger partial charge on any atom is -0.498 e. The number of benzene rings is 3. The van der Waals surface area contributed by atoms with Crippen LogP contribution in [-0.2, 0) is 15.9 Å². The van der Waals surface area contributed by atoms with Gasteiger partial charge < -0.3 is 20.1 Å². The van der Waals surface area contributed by atoms with Gasteiger partial charge in [0.2, 0.25) is 0 Å². The summed E-state index contributed by atoms with van der Waals surface area (Å²) in [5.41, 5.74) is 5.09. The van der Waals surface area contributed by atoms with Crippen molar-refractivity contribution in [1.82, 2.24) is 4.98 Å². The Kier molecular flexibility index (Phi) is 6.40. The lowest BCUT2D eigenvalue weighted by Crippen LogP contribution is -2.23. The minimum absolute atomic E-state index is 0.157. The molecular weight excluding hydrogens is 462 g/mol. The van der Waals surface area contributed by atoms with Gasteiger partial charge in [-0.1, -0.05) is 29.8 Å². The predicted octanol–water partition coefficient (Wildman–Crippen LogP) is 6.44. The van der Waals surface area contributed by atoms with Crippen molar-refractivity contribution in [2.75, 3.05) is 24.9 Å². The van der Waals surface area contributed by atoms with Crippen LogP contribution in [0.3, 0.4) is 0 Å². The SMILES string of the molecule is COC1=Cc2nccc(Nc3ccc4c(C(=O)Nc5ccc(Cl)cc5)cccc4c3)c2CC1OC. The normalized spacial score (nSPS) is 14.7. The van der Waals surface area contributed by atoms with E-state index in [9.17, 15) is 4.79 Å². The van der Waals surface area contributed by atoms with Crippen LogP contribution in [0.2, 0.25) is 5.02 Å². The molecule has 1 aliphatic carbocycles. The summed E-state index contributed by atoms with van der Waals surface area (Å²) >= 11 is 5.95. The molecule has 0 fully saturated rings. The number of hydrogen-bond acceptors (Lipinski definition) is 5. The van der Waals surface area contributed by atoms with Crippen molar-refractivity contribution in [3.8, 4) is 0 Å². The Morgan fingerprint density at radius 1 is 1.03 bits per heavy atom. The molecule has 6 nitrogen and oxygen atoms in total. The first-order valence-electron chi connectivity index (χ1n) is 11.2. The Balaban J connectivity index is 1.42. The van der Waals surface area contributed by atoms with E-state index in [-0.39, 0.29) is 12.0 Å². The number of nitrogens with one attached hydrogen (secondary N) is 2. The smallest absolute Gasteiger partial charge is 0.256 e. The molecule has 1 aliphatic rings. The molecule has 1 atom stereocenters. The van der Waals surface area contributed by atoms with Crippen LogP contribution >= 0.6 is 11.6 Å². The number of carbonyl (C=O) groups excluding carboxylic acids is 1. The number of halogens is 1. The summed E-state index contributed by atoms with van der Waals surface area (Å²) in [5.74, 6) is 0.591. The number of aromatic nitrogens is 1. The van der Waals surface area contributed by atoms with Crippen molar-refractivity contribution >= 4 is 51.4 Å². The largest absolute Gasteiger partial charge is 0.498 e. The van der Waals surface area contributed by atoms with Crippen LogP contribution in [0, 0.1) is 0 Å². The van der Waals surface area contributed by atoms with E-state index in [4.69, 9.17) is 21.1 Å². The van der Waals surface area contributed by atoms with Crippen LogP contribution in [0.15, 0.2) is 78.7 Å². The third-order valence-electron chi connectivity index (χ3n) is 6.10. The minimum atomic E-state index is -0.173. The number of fused-ring (bicyclic) bond motifs is 2. The van der Waals surface area contributed by atoms with Crippen molar-refractivity contribution in [2.45, 2.75) is 12.5 Å². The van der Waals surface area contributed by atoms with E-state index >= 15 is 0 Å². The lowest BCUT2D eigenvalue weighted by molar-refractivity contribution is 0.0794. The highest BCUT2D eigenvalue weighted by Gasteiger charge is 2.25. The van der Waals surface area contributed by atoms with Crippen molar-refractivity contribution < 1.29 is 14.3 Å². The van der Waals surface area contributed by atoms with Gasteiger partial charge in [0, 0.05) is 59.0 Å². The highest BCUT2D eigenvalue weighted by molar-refractivity contribution is 6.30. The third-order valence-corrected chi connectivity index (χ3v) is 6.35. The lowest BCUT2D eigenvalue weighted by Gasteiger charge is -2.25. The van der Waals surface area contributed by atoms with E-state index in [0.717, 1.165) is 39.2 Å². The highest BCUT2D eigenvalue weighted by atomic mass is 35.5. The summed E-state index contributed by atoms with van der Waals surface area (Å²) in [6, 6.07) is 20.7. The number of methoxy groups -OCH3 is 2. The molecular formula is C28H24ClN3O3. The summed E-state index contributed by atoms with van der Waals surface area (Å²) in [6.45, 7) is 0. The molecule has 1 heterocycles. The average molecular weight is 486 g/mol.